The monoisotopic (exact) mass is 368 g/mol. The van der Waals surface area contributed by atoms with E-state index in [0.29, 0.717) is 37.7 Å². The van der Waals surface area contributed by atoms with E-state index < -0.39 is 0 Å². The van der Waals surface area contributed by atoms with E-state index in [2.05, 4.69) is 4.90 Å². The van der Waals surface area contributed by atoms with Crippen molar-refractivity contribution in [2.75, 3.05) is 54.6 Å². The van der Waals surface area contributed by atoms with Crippen LogP contribution in [0.1, 0.15) is 5.56 Å². The van der Waals surface area contributed by atoms with Gasteiger partial charge in [-0.25, -0.2) is 0 Å². The van der Waals surface area contributed by atoms with Crippen LogP contribution in [0.5, 0.6) is 11.5 Å². The zero-order chi connectivity index (χ0) is 19.5. The van der Waals surface area contributed by atoms with Crippen LogP contribution in [0, 0.1) is 0 Å². The number of morpholine rings is 1. The third-order valence-corrected chi connectivity index (χ3v) is 3.93. The maximum atomic E-state index is 12.7. The largest absolute Gasteiger partial charge is 0.493 e. The lowest BCUT2D eigenvalue weighted by molar-refractivity contribution is -0.139. The maximum absolute atomic E-state index is 12.7. The SMILES string of the molecule is COc1ccc(CC(=O)N2CCOCC2CN(C)C)cc1OC.O=CO. The summed E-state index contributed by atoms with van der Waals surface area (Å²) >= 11 is 0. The van der Waals surface area contributed by atoms with Gasteiger partial charge in [0.25, 0.3) is 6.47 Å². The summed E-state index contributed by atoms with van der Waals surface area (Å²) in [6.07, 6.45) is 0.351. The number of carbonyl (C=O) groups is 2. The molecule has 1 unspecified atom stereocenters. The molecule has 1 heterocycles. The average Bonchev–Trinajstić information content (AvgIpc) is 2.62. The van der Waals surface area contributed by atoms with Gasteiger partial charge < -0.3 is 29.1 Å². The summed E-state index contributed by atoms with van der Waals surface area (Å²) in [6.45, 7) is 2.39. The number of nitrogens with zero attached hydrogens (tertiary/aromatic N) is 2. The third-order valence-electron chi connectivity index (χ3n) is 3.93. The highest BCUT2D eigenvalue weighted by Crippen LogP contribution is 2.28. The molecule has 1 atom stereocenters. The molecule has 0 aromatic heterocycles. The molecule has 1 fully saturated rings. The molecule has 1 aromatic rings. The highest BCUT2D eigenvalue weighted by Gasteiger charge is 2.27. The van der Waals surface area contributed by atoms with E-state index in [0.717, 1.165) is 12.1 Å². The Morgan fingerprint density at radius 3 is 2.58 bits per heavy atom. The fraction of sp³-hybridized carbons (Fsp3) is 0.556. The molecule has 0 saturated carbocycles. The van der Waals surface area contributed by atoms with Gasteiger partial charge in [-0.05, 0) is 31.8 Å². The summed E-state index contributed by atoms with van der Waals surface area (Å²) in [6, 6.07) is 5.70. The second kappa shape index (κ2) is 11.3. The minimum Gasteiger partial charge on any atom is -0.493 e. The van der Waals surface area contributed by atoms with E-state index in [-0.39, 0.29) is 18.4 Å². The number of carbonyl (C=O) groups excluding carboxylic acids is 1. The quantitative estimate of drug-likeness (QED) is 0.741. The van der Waals surface area contributed by atoms with Crippen LogP contribution in [-0.2, 0) is 20.7 Å². The molecule has 8 heteroatoms. The second-order valence-corrected chi connectivity index (χ2v) is 6.05. The smallest absolute Gasteiger partial charge is 0.290 e. The van der Waals surface area contributed by atoms with E-state index in [4.69, 9.17) is 24.1 Å². The number of benzene rings is 1. The topological polar surface area (TPSA) is 88.5 Å². The maximum Gasteiger partial charge on any atom is 0.290 e. The first-order chi connectivity index (χ1) is 12.5. The van der Waals surface area contributed by atoms with Crippen molar-refractivity contribution in [3.8, 4) is 11.5 Å². The lowest BCUT2D eigenvalue weighted by Crippen LogP contribution is -2.53. The number of hydrogen-bond acceptors (Lipinski definition) is 6. The first-order valence-electron chi connectivity index (χ1n) is 8.27. The average molecular weight is 368 g/mol. The number of ether oxygens (including phenoxy) is 3. The number of rotatable bonds is 6. The molecule has 1 saturated heterocycles. The van der Waals surface area contributed by atoms with Gasteiger partial charge >= 0.3 is 0 Å². The molecule has 1 aromatic carbocycles. The van der Waals surface area contributed by atoms with Crippen LogP contribution in [0.4, 0.5) is 0 Å². The normalized spacial score (nSPS) is 16.5. The summed E-state index contributed by atoms with van der Waals surface area (Å²) in [5.41, 5.74) is 0.919. The van der Waals surface area contributed by atoms with E-state index in [9.17, 15) is 4.79 Å². The van der Waals surface area contributed by atoms with Crippen LogP contribution in [0.15, 0.2) is 18.2 Å². The summed E-state index contributed by atoms with van der Waals surface area (Å²) in [7, 11) is 7.21. The Morgan fingerprint density at radius 2 is 2.00 bits per heavy atom. The van der Waals surface area contributed by atoms with Gasteiger partial charge in [-0.2, -0.15) is 0 Å². The Labute approximate surface area is 154 Å². The lowest BCUT2D eigenvalue weighted by atomic mass is 10.1. The molecule has 0 bridgehead atoms. The molecule has 1 N–H and O–H groups in total. The number of likely N-dealkylation sites (N-methyl/N-ethyl adjacent to an activating group) is 1. The zero-order valence-corrected chi connectivity index (χ0v) is 15.8. The summed E-state index contributed by atoms with van der Waals surface area (Å²) in [5, 5.41) is 6.89. The fourth-order valence-corrected chi connectivity index (χ4v) is 2.82. The summed E-state index contributed by atoms with van der Waals surface area (Å²) in [4.78, 5) is 25.1. The van der Waals surface area contributed by atoms with Crippen molar-refractivity contribution in [2.45, 2.75) is 12.5 Å². The Kier molecular flexibility index (Phi) is 9.46. The zero-order valence-electron chi connectivity index (χ0n) is 15.8. The molecule has 1 amide bonds. The number of amides is 1. The molecule has 26 heavy (non-hydrogen) atoms. The molecule has 0 spiro atoms. The standard InChI is InChI=1S/C17H26N2O4.CH2O2/c1-18(2)11-14-12-23-8-7-19(14)17(20)10-13-5-6-15(21-3)16(9-13)22-4;2-1-3/h5-6,9,14H,7-8,10-12H2,1-4H3;1H,(H,2,3). The first kappa shape index (κ1) is 21.7. The highest BCUT2D eigenvalue weighted by molar-refractivity contribution is 5.79. The van der Waals surface area contributed by atoms with Gasteiger partial charge in [0.1, 0.15) is 0 Å². The van der Waals surface area contributed by atoms with E-state index in [1.807, 2.05) is 37.2 Å². The van der Waals surface area contributed by atoms with Crippen molar-refractivity contribution in [3.63, 3.8) is 0 Å². The van der Waals surface area contributed by atoms with Gasteiger partial charge in [-0.15, -0.1) is 0 Å². The van der Waals surface area contributed by atoms with Gasteiger partial charge in [0.2, 0.25) is 5.91 Å². The molecule has 8 nitrogen and oxygen atoms in total. The van der Waals surface area contributed by atoms with Crippen LogP contribution in [0.25, 0.3) is 0 Å². The number of hydrogen-bond donors (Lipinski definition) is 1. The summed E-state index contributed by atoms with van der Waals surface area (Å²) in [5.74, 6) is 1.43. The van der Waals surface area contributed by atoms with Crippen LogP contribution in [-0.4, -0.2) is 87.9 Å². The van der Waals surface area contributed by atoms with Crippen LogP contribution < -0.4 is 9.47 Å². The lowest BCUT2D eigenvalue weighted by Gasteiger charge is -2.37. The fourth-order valence-electron chi connectivity index (χ4n) is 2.82. The Hall–Kier alpha value is -2.32. The van der Waals surface area contributed by atoms with E-state index in [1.165, 1.54) is 0 Å². The van der Waals surface area contributed by atoms with Gasteiger partial charge in [-0.1, -0.05) is 6.07 Å². The van der Waals surface area contributed by atoms with Crippen molar-refractivity contribution in [3.05, 3.63) is 23.8 Å². The molecule has 1 aliphatic heterocycles. The molecular weight excluding hydrogens is 340 g/mol. The highest BCUT2D eigenvalue weighted by atomic mass is 16.5. The Bertz CT molecular complexity index is 579. The minimum absolute atomic E-state index is 0.103. The molecule has 0 radical (unpaired) electrons. The first-order valence-corrected chi connectivity index (χ1v) is 8.27. The third kappa shape index (κ3) is 6.53. The minimum atomic E-state index is -0.250. The Balaban J connectivity index is 0.00000105. The molecule has 1 aliphatic rings. The van der Waals surface area contributed by atoms with Gasteiger partial charge in [0.15, 0.2) is 11.5 Å². The van der Waals surface area contributed by atoms with Gasteiger partial charge in [0, 0.05) is 13.1 Å². The van der Waals surface area contributed by atoms with Crippen molar-refractivity contribution < 1.29 is 28.9 Å². The van der Waals surface area contributed by atoms with Gasteiger partial charge in [0.05, 0.1) is 39.9 Å². The van der Waals surface area contributed by atoms with Crippen molar-refractivity contribution >= 4 is 12.4 Å². The van der Waals surface area contributed by atoms with E-state index in [1.54, 1.807) is 14.2 Å². The molecular formula is C18H28N2O6. The van der Waals surface area contributed by atoms with Crippen molar-refractivity contribution in [1.82, 2.24) is 9.80 Å². The molecule has 0 aliphatic carbocycles. The van der Waals surface area contributed by atoms with Crippen LogP contribution >= 0.6 is 0 Å². The van der Waals surface area contributed by atoms with Crippen molar-refractivity contribution in [2.24, 2.45) is 0 Å². The van der Waals surface area contributed by atoms with Gasteiger partial charge in [-0.3, -0.25) is 9.59 Å². The molecule has 2 rings (SSSR count). The predicted molar refractivity (Wildman–Crippen MR) is 96.8 cm³/mol. The van der Waals surface area contributed by atoms with E-state index >= 15 is 0 Å². The van der Waals surface area contributed by atoms with Crippen LogP contribution in [0.3, 0.4) is 0 Å². The molecule has 146 valence electrons. The van der Waals surface area contributed by atoms with Crippen LogP contribution in [0.2, 0.25) is 0 Å². The number of methoxy groups -OCH3 is 2. The number of carboxylic acid groups (broad SMARTS) is 1. The summed E-state index contributed by atoms with van der Waals surface area (Å²) < 4.78 is 16.1. The predicted octanol–water partition coefficient (Wildman–Crippen LogP) is 0.736. The Morgan fingerprint density at radius 1 is 1.35 bits per heavy atom. The second-order valence-electron chi connectivity index (χ2n) is 6.05. The van der Waals surface area contributed by atoms with Crippen molar-refractivity contribution in [1.29, 1.82) is 0 Å².